The number of hydrogen-bond donors (Lipinski definition) is 0. The second-order valence-electron chi connectivity index (χ2n) is 7.51. The van der Waals surface area contributed by atoms with Crippen LogP contribution in [0.1, 0.15) is 5.56 Å². The molecule has 176 valence electrons. The highest BCUT2D eigenvalue weighted by Gasteiger charge is 2.31. The molecule has 35 heavy (non-hydrogen) atoms. The molecule has 5 rings (SSSR count). The summed E-state index contributed by atoms with van der Waals surface area (Å²) < 4.78 is 70.0. The molecule has 3 aromatic rings. The molecule has 0 saturated carbocycles. The van der Waals surface area contributed by atoms with Gasteiger partial charge < -0.3 is 4.74 Å². The molecule has 0 fully saturated rings. The number of nitrogens with zero attached hydrogens (tertiary/aromatic N) is 5. The van der Waals surface area contributed by atoms with Gasteiger partial charge in [0.25, 0.3) is 0 Å². The minimum Gasteiger partial charge on any atom is -0.406 e. The summed E-state index contributed by atoms with van der Waals surface area (Å²) in [4.78, 5) is 12.9. The highest BCUT2D eigenvalue weighted by molar-refractivity contribution is 5.65. The van der Waals surface area contributed by atoms with Gasteiger partial charge in [-0.2, -0.15) is 5.10 Å². The first-order chi connectivity index (χ1) is 16.7. The Balaban J connectivity index is 1.32. The molecular weight excluding hydrogens is 469 g/mol. The number of hydrogen-bond acceptors (Lipinski definition) is 5. The minimum atomic E-state index is -4.75. The Bertz CT molecular complexity index is 1450. The van der Waals surface area contributed by atoms with Crippen molar-refractivity contribution in [3.63, 3.8) is 0 Å². The molecule has 6 nitrogen and oxygen atoms in total. The quantitative estimate of drug-likeness (QED) is 0.299. The van der Waals surface area contributed by atoms with Gasteiger partial charge >= 0.3 is 6.36 Å². The van der Waals surface area contributed by atoms with Crippen LogP contribution in [0.15, 0.2) is 73.2 Å². The van der Waals surface area contributed by atoms with Crippen LogP contribution in [0.4, 0.5) is 22.0 Å². The standard InChI is InChI=1S/C24H14F5N5O/c25-18-3-1-2-17(22(18)26)23-32-20-11-31-34(13-21(20)33-23)12-14-4-9-19(30-10-14)15-5-7-16(8-6-15)35-24(27,28)29/h1-11,13H,12H2. The molecule has 0 radical (unpaired) electrons. The fraction of sp³-hybridized carbons (Fsp3) is 0.0833. The van der Waals surface area contributed by atoms with Crippen molar-refractivity contribution in [3.05, 3.63) is 90.4 Å². The largest absolute Gasteiger partial charge is 0.573 e. The highest BCUT2D eigenvalue weighted by Crippen LogP contribution is 2.28. The lowest BCUT2D eigenvalue weighted by Crippen LogP contribution is -2.16. The van der Waals surface area contributed by atoms with Crippen molar-refractivity contribution in [2.24, 2.45) is 0 Å². The number of ether oxygens (including phenoxy) is 1. The third kappa shape index (κ3) is 4.93. The molecule has 2 aliphatic rings. The summed E-state index contributed by atoms with van der Waals surface area (Å²) in [5.74, 6) is -2.24. The molecule has 0 atom stereocenters. The van der Waals surface area contributed by atoms with E-state index in [1.807, 2.05) is 6.07 Å². The molecule has 2 aliphatic heterocycles. The van der Waals surface area contributed by atoms with E-state index in [9.17, 15) is 22.0 Å². The summed E-state index contributed by atoms with van der Waals surface area (Å²) >= 11 is 0. The molecule has 0 unspecified atom stereocenters. The third-order valence-electron chi connectivity index (χ3n) is 5.06. The molecular formula is C24H14F5N5O. The van der Waals surface area contributed by atoms with Gasteiger partial charge in [0.2, 0.25) is 0 Å². The summed E-state index contributed by atoms with van der Waals surface area (Å²) in [6, 6.07) is 12.8. The maximum Gasteiger partial charge on any atom is 0.573 e. The Labute approximate surface area is 195 Å². The first-order valence-electron chi connectivity index (χ1n) is 10.2. The van der Waals surface area contributed by atoms with Crippen LogP contribution in [0.25, 0.3) is 34.0 Å². The van der Waals surface area contributed by atoms with Crippen LogP contribution < -0.4 is 4.74 Å². The van der Waals surface area contributed by atoms with Gasteiger partial charge in [0.05, 0.1) is 30.2 Å². The molecule has 0 spiro atoms. The van der Waals surface area contributed by atoms with E-state index in [0.29, 0.717) is 29.2 Å². The minimum absolute atomic E-state index is 0.0365. The van der Waals surface area contributed by atoms with Crippen LogP contribution in [-0.4, -0.2) is 31.1 Å². The molecule has 2 aromatic carbocycles. The number of imidazole rings is 1. The third-order valence-corrected chi connectivity index (χ3v) is 5.06. The lowest BCUT2D eigenvalue weighted by atomic mass is 10.1. The molecule has 0 amide bonds. The van der Waals surface area contributed by atoms with Crippen LogP contribution in [0.3, 0.4) is 0 Å². The maximum absolute atomic E-state index is 14.1. The van der Waals surface area contributed by atoms with Gasteiger partial charge in [-0.15, -0.1) is 13.2 Å². The molecule has 3 heterocycles. The fourth-order valence-electron chi connectivity index (χ4n) is 3.45. The number of fused-ring (bicyclic) bond motifs is 1. The summed E-state index contributed by atoms with van der Waals surface area (Å²) in [6.07, 6.45) is -0.00834. The summed E-state index contributed by atoms with van der Waals surface area (Å²) in [5.41, 5.74) is 2.87. The normalized spacial score (nSPS) is 11.7. The van der Waals surface area contributed by atoms with Gasteiger partial charge in [0.15, 0.2) is 17.5 Å². The van der Waals surface area contributed by atoms with Crippen LogP contribution in [0.5, 0.6) is 5.75 Å². The van der Waals surface area contributed by atoms with Crippen molar-refractivity contribution in [2.75, 3.05) is 0 Å². The smallest absolute Gasteiger partial charge is 0.406 e. The SMILES string of the molecule is Fc1cccc(-c2nc3cnn(Cc4ccc(-c5ccc(OC(F)(F)F)cc5)nc4)cc-3n2)c1F. The lowest BCUT2D eigenvalue weighted by Gasteiger charge is -2.10. The zero-order chi connectivity index (χ0) is 24.6. The van der Waals surface area contributed by atoms with E-state index in [1.54, 1.807) is 23.1 Å². The maximum atomic E-state index is 14.1. The van der Waals surface area contributed by atoms with Crippen LogP contribution >= 0.6 is 0 Å². The molecule has 0 aliphatic carbocycles. The Morgan fingerprint density at radius 3 is 2.31 bits per heavy atom. The average Bonchev–Trinajstić information content (AvgIpc) is 3.24. The Morgan fingerprint density at radius 2 is 1.60 bits per heavy atom. The first kappa shape index (κ1) is 22.4. The van der Waals surface area contributed by atoms with E-state index in [1.165, 1.54) is 42.6 Å². The van der Waals surface area contributed by atoms with E-state index < -0.39 is 18.0 Å². The van der Waals surface area contributed by atoms with E-state index >= 15 is 0 Å². The first-order valence-corrected chi connectivity index (χ1v) is 10.2. The van der Waals surface area contributed by atoms with Crippen molar-refractivity contribution in [1.29, 1.82) is 0 Å². The monoisotopic (exact) mass is 483 g/mol. The zero-order valence-electron chi connectivity index (χ0n) is 17.7. The van der Waals surface area contributed by atoms with Gasteiger partial charge in [0.1, 0.15) is 17.1 Å². The predicted molar refractivity (Wildman–Crippen MR) is 115 cm³/mol. The van der Waals surface area contributed by atoms with Crippen molar-refractivity contribution in [2.45, 2.75) is 12.9 Å². The second kappa shape index (κ2) is 8.75. The average molecular weight is 483 g/mol. The molecule has 1 aromatic heterocycles. The Morgan fingerprint density at radius 1 is 0.829 bits per heavy atom. The van der Waals surface area contributed by atoms with Gasteiger partial charge in [-0.1, -0.05) is 12.1 Å². The van der Waals surface area contributed by atoms with Crippen molar-refractivity contribution >= 4 is 0 Å². The zero-order valence-corrected chi connectivity index (χ0v) is 17.7. The lowest BCUT2D eigenvalue weighted by molar-refractivity contribution is -0.274. The van der Waals surface area contributed by atoms with Gasteiger partial charge in [-0.05, 0) is 48.0 Å². The van der Waals surface area contributed by atoms with E-state index in [0.717, 1.165) is 11.6 Å². The number of alkyl halides is 3. The van der Waals surface area contributed by atoms with Crippen LogP contribution in [0.2, 0.25) is 0 Å². The molecule has 11 heteroatoms. The van der Waals surface area contributed by atoms with Crippen LogP contribution in [0, 0.1) is 11.6 Å². The second-order valence-corrected chi connectivity index (χ2v) is 7.51. The number of benzene rings is 2. The highest BCUT2D eigenvalue weighted by atomic mass is 19.4. The fourth-order valence-corrected chi connectivity index (χ4v) is 3.45. The number of aromatic nitrogens is 5. The predicted octanol–water partition coefficient (Wildman–Crippen LogP) is 5.73. The van der Waals surface area contributed by atoms with Gasteiger partial charge in [-0.3, -0.25) is 9.67 Å². The van der Waals surface area contributed by atoms with E-state index in [4.69, 9.17) is 0 Å². The Hall–Kier alpha value is -4.41. The van der Waals surface area contributed by atoms with Crippen molar-refractivity contribution in [3.8, 4) is 39.8 Å². The summed E-state index contributed by atoms with van der Waals surface area (Å²) in [5, 5.41) is 4.28. The molecule has 0 N–H and O–H groups in total. The van der Waals surface area contributed by atoms with Crippen LogP contribution in [-0.2, 0) is 6.54 Å². The van der Waals surface area contributed by atoms with E-state index in [2.05, 4.69) is 24.8 Å². The topological polar surface area (TPSA) is 65.7 Å². The van der Waals surface area contributed by atoms with Crippen molar-refractivity contribution in [1.82, 2.24) is 24.7 Å². The summed E-state index contributed by atoms with van der Waals surface area (Å²) in [7, 11) is 0. The van der Waals surface area contributed by atoms with E-state index in [-0.39, 0.29) is 17.1 Å². The number of pyridine rings is 1. The number of halogens is 5. The number of rotatable bonds is 5. The van der Waals surface area contributed by atoms with Gasteiger partial charge in [-0.25, -0.2) is 18.7 Å². The molecule has 0 bridgehead atoms. The Kier molecular flexibility index (Phi) is 5.59. The molecule has 0 saturated heterocycles. The van der Waals surface area contributed by atoms with Gasteiger partial charge in [0, 0.05) is 11.8 Å². The summed E-state index contributed by atoms with van der Waals surface area (Å²) in [6.45, 7) is 0.345. The van der Waals surface area contributed by atoms with Crippen molar-refractivity contribution < 1.29 is 26.7 Å².